The molecule has 0 saturated carbocycles. The van der Waals surface area contributed by atoms with Crippen molar-refractivity contribution >= 4 is 5.69 Å². The van der Waals surface area contributed by atoms with Gasteiger partial charge in [-0.2, -0.15) is 10.4 Å². The SMILES string of the molecule is Cc1nc(C)n(-c2ccc([N+](=O)[O-])cc2C#N)n1. The number of benzene rings is 1. The van der Waals surface area contributed by atoms with Gasteiger partial charge in [-0.05, 0) is 19.9 Å². The fourth-order valence-electron chi connectivity index (χ4n) is 1.66. The molecule has 1 aromatic carbocycles. The molecule has 0 saturated heterocycles. The van der Waals surface area contributed by atoms with Crippen molar-refractivity contribution in [2.75, 3.05) is 0 Å². The smallest absolute Gasteiger partial charge is 0.258 e. The van der Waals surface area contributed by atoms with Crippen LogP contribution in [0.2, 0.25) is 0 Å². The molecule has 0 spiro atoms. The normalized spacial score (nSPS) is 10.1. The third-order valence-electron chi connectivity index (χ3n) is 2.41. The van der Waals surface area contributed by atoms with Crippen molar-refractivity contribution in [3.63, 3.8) is 0 Å². The fraction of sp³-hybridized carbons (Fsp3) is 0.182. The molecule has 0 aliphatic carbocycles. The van der Waals surface area contributed by atoms with Gasteiger partial charge in [-0.3, -0.25) is 10.1 Å². The Bertz CT molecular complexity index is 669. The molecule has 0 fully saturated rings. The van der Waals surface area contributed by atoms with Crippen LogP contribution in [0.3, 0.4) is 0 Å². The Hall–Kier alpha value is -2.75. The first-order chi connectivity index (χ1) is 8.52. The first-order valence-electron chi connectivity index (χ1n) is 5.12. The molecule has 1 heterocycles. The summed E-state index contributed by atoms with van der Waals surface area (Å²) in [6, 6.07) is 6.00. The Labute approximate surface area is 102 Å². The van der Waals surface area contributed by atoms with Crippen molar-refractivity contribution in [2.24, 2.45) is 0 Å². The zero-order valence-electron chi connectivity index (χ0n) is 9.78. The molecular formula is C11H9N5O2. The number of rotatable bonds is 2. The lowest BCUT2D eigenvalue weighted by atomic mass is 10.1. The number of aromatic nitrogens is 3. The van der Waals surface area contributed by atoms with Crippen molar-refractivity contribution < 1.29 is 4.92 Å². The van der Waals surface area contributed by atoms with Gasteiger partial charge < -0.3 is 0 Å². The summed E-state index contributed by atoms with van der Waals surface area (Å²) in [5.74, 6) is 1.20. The topological polar surface area (TPSA) is 97.6 Å². The summed E-state index contributed by atoms with van der Waals surface area (Å²) in [5, 5.41) is 23.8. The van der Waals surface area contributed by atoms with Crippen LogP contribution in [0.4, 0.5) is 5.69 Å². The summed E-state index contributed by atoms with van der Waals surface area (Å²) in [6.45, 7) is 3.49. The molecular weight excluding hydrogens is 234 g/mol. The highest BCUT2D eigenvalue weighted by Crippen LogP contribution is 2.20. The van der Waals surface area contributed by atoms with Crippen LogP contribution in [-0.4, -0.2) is 19.7 Å². The van der Waals surface area contributed by atoms with Gasteiger partial charge in [-0.1, -0.05) is 0 Å². The van der Waals surface area contributed by atoms with Crippen LogP contribution in [0.1, 0.15) is 17.2 Å². The maximum atomic E-state index is 10.6. The van der Waals surface area contributed by atoms with Gasteiger partial charge in [0, 0.05) is 12.1 Å². The zero-order valence-corrected chi connectivity index (χ0v) is 9.78. The number of nitriles is 1. The van der Waals surface area contributed by atoms with Crippen LogP contribution in [-0.2, 0) is 0 Å². The lowest BCUT2D eigenvalue weighted by Crippen LogP contribution is -2.03. The Morgan fingerprint density at radius 3 is 2.67 bits per heavy atom. The number of nitro benzene ring substituents is 1. The number of nitrogens with zero attached hydrogens (tertiary/aromatic N) is 5. The van der Waals surface area contributed by atoms with E-state index in [1.807, 2.05) is 6.07 Å². The van der Waals surface area contributed by atoms with Gasteiger partial charge in [-0.15, -0.1) is 0 Å². The van der Waals surface area contributed by atoms with Gasteiger partial charge in [0.2, 0.25) is 0 Å². The van der Waals surface area contributed by atoms with Gasteiger partial charge in [0.25, 0.3) is 5.69 Å². The lowest BCUT2D eigenvalue weighted by Gasteiger charge is -2.04. The Morgan fingerprint density at radius 1 is 1.44 bits per heavy atom. The second-order valence-electron chi connectivity index (χ2n) is 3.69. The predicted molar refractivity (Wildman–Crippen MR) is 62.2 cm³/mol. The second-order valence-corrected chi connectivity index (χ2v) is 3.69. The molecule has 7 heteroatoms. The third kappa shape index (κ3) is 1.91. The van der Waals surface area contributed by atoms with Crippen molar-refractivity contribution in [1.29, 1.82) is 5.26 Å². The number of hydrogen-bond acceptors (Lipinski definition) is 5. The van der Waals surface area contributed by atoms with E-state index in [4.69, 9.17) is 5.26 Å². The summed E-state index contributed by atoms with van der Waals surface area (Å²) in [7, 11) is 0. The van der Waals surface area contributed by atoms with Gasteiger partial charge in [-0.25, -0.2) is 9.67 Å². The highest BCUT2D eigenvalue weighted by Gasteiger charge is 2.14. The molecule has 0 atom stereocenters. The summed E-state index contributed by atoms with van der Waals surface area (Å²) < 4.78 is 1.50. The number of non-ortho nitro benzene ring substituents is 1. The first-order valence-corrected chi connectivity index (χ1v) is 5.12. The van der Waals surface area contributed by atoms with Crippen LogP contribution in [0.25, 0.3) is 5.69 Å². The molecule has 2 aromatic rings. The summed E-state index contributed by atoms with van der Waals surface area (Å²) in [5.41, 5.74) is 0.559. The van der Waals surface area contributed by atoms with E-state index in [1.54, 1.807) is 13.8 Å². The standard InChI is InChI=1S/C11H9N5O2/c1-7-13-8(2)15(14-7)11-4-3-10(16(17)18)5-9(11)6-12/h3-5H,1-2H3. The summed E-state index contributed by atoms with van der Waals surface area (Å²) in [4.78, 5) is 14.2. The van der Waals surface area contributed by atoms with E-state index in [9.17, 15) is 10.1 Å². The van der Waals surface area contributed by atoms with Crippen LogP contribution in [0.15, 0.2) is 18.2 Å². The average Bonchev–Trinajstić information content (AvgIpc) is 2.67. The van der Waals surface area contributed by atoms with E-state index in [-0.39, 0.29) is 11.3 Å². The second kappa shape index (κ2) is 4.25. The Balaban J connectivity index is 2.62. The van der Waals surface area contributed by atoms with Crippen molar-refractivity contribution in [3.05, 3.63) is 45.5 Å². The van der Waals surface area contributed by atoms with E-state index in [0.29, 0.717) is 17.3 Å². The Kier molecular flexibility index (Phi) is 2.77. The van der Waals surface area contributed by atoms with E-state index in [1.165, 1.54) is 22.9 Å². The minimum Gasteiger partial charge on any atom is -0.258 e. The molecule has 0 unspecified atom stereocenters. The highest BCUT2D eigenvalue weighted by atomic mass is 16.6. The summed E-state index contributed by atoms with van der Waals surface area (Å²) >= 11 is 0. The maximum absolute atomic E-state index is 10.6. The Morgan fingerprint density at radius 2 is 2.17 bits per heavy atom. The van der Waals surface area contributed by atoms with Crippen LogP contribution >= 0.6 is 0 Å². The van der Waals surface area contributed by atoms with Gasteiger partial charge >= 0.3 is 0 Å². The molecule has 0 amide bonds. The molecule has 18 heavy (non-hydrogen) atoms. The number of aryl methyl sites for hydroxylation is 2. The lowest BCUT2D eigenvalue weighted by molar-refractivity contribution is -0.384. The molecule has 90 valence electrons. The molecule has 0 radical (unpaired) electrons. The van der Waals surface area contributed by atoms with E-state index >= 15 is 0 Å². The van der Waals surface area contributed by atoms with Gasteiger partial charge in [0.15, 0.2) is 0 Å². The maximum Gasteiger partial charge on any atom is 0.270 e. The number of hydrogen-bond donors (Lipinski definition) is 0. The van der Waals surface area contributed by atoms with Crippen molar-refractivity contribution in [1.82, 2.24) is 14.8 Å². The minimum atomic E-state index is -0.538. The molecule has 0 N–H and O–H groups in total. The average molecular weight is 243 g/mol. The molecule has 2 rings (SSSR count). The molecule has 0 bridgehead atoms. The molecule has 7 nitrogen and oxygen atoms in total. The number of nitro groups is 1. The monoisotopic (exact) mass is 243 g/mol. The minimum absolute atomic E-state index is 0.121. The molecule has 0 aliphatic rings. The predicted octanol–water partition coefficient (Wildman–Crippen LogP) is 1.66. The molecule has 1 aromatic heterocycles. The fourth-order valence-corrected chi connectivity index (χ4v) is 1.66. The third-order valence-corrected chi connectivity index (χ3v) is 2.41. The van der Waals surface area contributed by atoms with Gasteiger partial charge in [0.1, 0.15) is 17.7 Å². The zero-order chi connectivity index (χ0) is 13.3. The van der Waals surface area contributed by atoms with Crippen molar-refractivity contribution in [3.8, 4) is 11.8 Å². The highest BCUT2D eigenvalue weighted by molar-refractivity contribution is 5.54. The van der Waals surface area contributed by atoms with Crippen LogP contribution < -0.4 is 0 Å². The summed E-state index contributed by atoms with van der Waals surface area (Å²) in [6.07, 6.45) is 0. The van der Waals surface area contributed by atoms with E-state index < -0.39 is 4.92 Å². The first kappa shape index (κ1) is 11.7. The van der Waals surface area contributed by atoms with E-state index in [2.05, 4.69) is 10.1 Å². The van der Waals surface area contributed by atoms with Gasteiger partial charge in [0.05, 0.1) is 16.2 Å². The van der Waals surface area contributed by atoms with E-state index in [0.717, 1.165) is 0 Å². The van der Waals surface area contributed by atoms with Crippen LogP contribution in [0.5, 0.6) is 0 Å². The van der Waals surface area contributed by atoms with Crippen LogP contribution in [0, 0.1) is 35.3 Å². The quantitative estimate of drug-likeness (QED) is 0.590. The molecule has 0 aliphatic heterocycles. The largest absolute Gasteiger partial charge is 0.270 e. The van der Waals surface area contributed by atoms with Crippen molar-refractivity contribution in [2.45, 2.75) is 13.8 Å².